The molecule has 4 rings (SSSR count). The van der Waals surface area contributed by atoms with Crippen LogP contribution in [0.2, 0.25) is 0 Å². The van der Waals surface area contributed by atoms with Gasteiger partial charge in [-0.1, -0.05) is 12.1 Å². The van der Waals surface area contributed by atoms with Crippen LogP contribution in [0, 0.1) is 11.3 Å². The molecule has 132 valence electrons. The molecule has 1 unspecified atom stereocenters. The predicted octanol–water partition coefficient (Wildman–Crippen LogP) is 3.89. The van der Waals surface area contributed by atoms with Gasteiger partial charge in [0.05, 0.1) is 33.8 Å². The summed E-state index contributed by atoms with van der Waals surface area (Å²) in [4.78, 5) is 7.76. The molecule has 0 aliphatic heterocycles. The second-order valence-corrected chi connectivity index (χ2v) is 7.60. The summed E-state index contributed by atoms with van der Waals surface area (Å²) in [7, 11) is 4.00. The lowest BCUT2D eigenvalue weighted by Crippen LogP contribution is -2.24. The molecule has 1 fully saturated rings. The lowest BCUT2D eigenvalue weighted by Gasteiger charge is -2.26. The number of nitrogens with zero attached hydrogens (tertiary/aromatic N) is 6. The third-order valence-corrected chi connectivity index (χ3v) is 5.85. The average molecular weight is 364 g/mol. The van der Waals surface area contributed by atoms with Gasteiger partial charge >= 0.3 is 0 Å². The van der Waals surface area contributed by atoms with Crippen molar-refractivity contribution in [1.29, 1.82) is 5.26 Å². The van der Waals surface area contributed by atoms with Crippen molar-refractivity contribution in [3.05, 3.63) is 46.6 Å². The summed E-state index contributed by atoms with van der Waals surface area (Å²) in [5.74, 6) is 2.25. The van der Waals surface area contributed by atoms with E-state index in [-0.39, 0.29) is 6.04 Å². The second kappa shape index (κ2) is 6.54. The van der Waals surface area contributed by atoms with Crippen molar-refractivity contribution in [3.63, 3.8) is 0 Å². The van der Waals surface area contributed by atoms with Crippen LogP contribution in [0.25, 0.3) is 10.7 Å². The molecule has 7 heteroatoms. The molecule has 0 N–H and O–H groups in total. The third kappa shape index (κ3) is 2.86. The van der Waals surface area contributed by atoms with Gasteiger partial charge in [0.15, 0.2) is 5.82 Å². The smallest absolute Gasteiger partial charge is 0.227 e. The quantitative estimate of drug-likeness (QED) is 0.687. The van der Waals surface area contributed by atoms with E-state index in [9.17, 15) is 0 Å². The van der Waals surface area contributed by atoms with Crippen molar-refractivity contribution in [2.45, 2.75) is 31.7 Å². The van der Waals surface area contributed by atoms with Gasteiger partial charge < -0.3 is 4.90 Å². The fourth-order valence-electron chi connectivity index (χ4n) is 3.16. The van der Waals surface area contributed by atoms with E-state index in [0.29, 0.717) is 11.5 Å². The molecule has 0 amide bonds. The summed E-state index contributed by atoms with van der Waals surface area (Å²) < 4.78 is 2.03. The molecule has 1 aromatic carbocycles. The molecule has 2 aromatic heterocycles. The van der Waals surface area contributed by atoms with Crippen LogP contribution in [0.5, 0.6) is 0 Å². The van der Waals surface area contributed by atoms with Gasteiger partial charge in [-0.15, -0.1) is 21.5 Å². The lowest BCUT2D eigenvalue weighted by atomic mass is 10.1. The Morgan fingerprint density at radius 3 is 2.88 bits per heavy atom. The van der Waals surface area contributed by atoms with Crippen LogP contribution in [0.3, 0.4) is 0 Å². The van der Waals surface area contributed by atoms with Crippen LogP contribution in [-0.2, 0) is 7.05 Å². The number of nitriles is 1. The molecule has 0 spiro atoms. The Bertz CT molecular complexity index is 978. The summed E-state index contributed by atoms with van der Waals surface area (Å²) in [5.41, 5.74) is 4.80. The highest BCUT2D eigenvalue weighted by molar-refractivity contribution is 7.13. The Morgan fingerprint density at radius 1 is 1.35 bits per heavy atom. The highest BCUT2D eigenvalue weighted by atomic mass is 32.1. The minimum absolute atomic E-state index is 0.0726. The van der Waals surface area contributed by atoms with Crippen molar-refractivity contribution >= 4 is 17.3 Å². The third-order valence-electron chi connectivity index (χ3n) is 5.01. The number of aromatic nitrogens is 4. The molecule has 0 bridgehead atoms. The van der Waals surface area contributed by atoms with Gasteiger partial charge in [0, 0.05) is 20.0 Å². The maximum Gasteiger partial charge on any atom is 0.227 e. The maximum atomic E-state index is 9.13. The van der Waals surface area contributed by atoms with Crippen molar-refractivity contribution in [3.8, 4) is 16.8 Å². The molecule has 0 saturated heterocycles. The number of hydrogen-bond donors (Lipinski definition) is 0. The zero-order valence-corrected chi connectivity index (χ0v) is 15.9. The standard InChI is InChI=1S/C19H20N6S/c1-12(15-6-4-5-13(9-15)10-20)24(2)19-23-22-18(25(19)3)17-16(14-7-8-14)21-11-26-17/h4-6,9,11-12,14H,7-8H2,1-3H3. The van der Waals surface area contributed by atoms with Crippen LogP contribution >= 0.6 is 11.3 Å². The molecule has 1 aliphatic carbocycles. The summed E-state index contributed by atoms with van der Waals surface area (Å²) >= 11 is 1.63. The minimum Gasteiger partial charge on any atom is -0.337 e. The van der Waals surface area contributed by atoms with Crippen molar-refractivity contribution < 1.29 is 0 Å². The van der Waals surface area contributed by atoms with Crippen LogP contribution in [0.15, 0.2) is 29.8 Å². The van der Waals surface area contributed by atoms with E-state index in [2.05, 4.69) is 33.1 Å². The first-order chi connectivity index (χ1) is 12.6. The average Bonchev–Trinajstić information content (AvgIpc) is 3.28. The molecular formula is C19H20N6S. The normalized spacial score (nSPS) is 14.8. The lowest BCUT2D eigenvalue weighted by molar-refractivity contribution is 0.694. The molecule has 1 saturated carbocycles. The van der Waals surface area contributed by atoms with E-state index in [1.54, 1.807) is 11.3 Å². The fraction of sp³-hybridized carbons (Fsp3) is 0.368. The molecule has 2 heterocycles. The van der Waals surface area contributed by atoms with E-state index >= 15 is 0 Å². The summed E-state index contributed by atoms with van der Waals surface area (Å²) in [6, 6.07) is 9.97. The van der Waals surface area contributed by atoms with E-state index < -0.39 is 0 Å². The summed E-state index contributed by atoms with van der Waals surface area (Å²) in [6.45, 7) is 2.10. The second-order valence-electron chi connectivity index (χ2n) is 6.75. The topological polar surface area (TPSA) is 70.6 Å². The number of anilines is 1. The van der Waals surface area contributed by atoms with Crippen molar-refractivity contribution in [1.82, 2.24) is 19.7 Å². The highest BCUT2D eigenvalue weighted by Crippen LogP contribution is 2.45. The van der Waals surface area contributed by atoms with Crippen molar-refractivity contribution in [2.24, 2.45) is 7.05 Å². The summed E-state index contributed by atoms with van der Waals surface area (Å²) in [6.07, 6.45) is 2.43. The number of hydrogen-bond acceptors (Lipinski definition) is 6. The van der Waals surface area contributed by atoms with E-state index in [1.807, 2.05) is 48.4 Å². The van der Waals surface area contributed by atoms with Crippen LogP contribution < -0.4 is 4.90 Å². The van der Waals surface area contributed by atoms with Crippen LogP contribution in [-0.4, -0.2) is 26.8 Å². The SMILES string of the molecule is CC(c1cccc(C#N)c1)N(C)c1nnc(-c2scnc2C2CC2)n1C. The first-order valence-corrected chi connectivity index (χ1v) is 9.54. The van der Waals surface area contributed by atoms with E-state index in [1.165, 1.54) is 12.8 Å². The van der Waals surface area contributed by atoms with Gasteiger partial charge in [-0.25, -0.2) is 4.98 Å². The Balaban J connectivity index is 1.65. The number of thiazole rings is 1. The minimum atomic E-state index is 0.0726. The Morgan fingerprint density at radius 2 is 2.15 bits per heavy atom. The van der Waals surface area contributed by atoms with Gasteiger partial charge in [-0.05, 0) is 37.5 Å². The maximum absolute atomic E-state index is 9.13. The van der Waals surface area contributed by atoms with E-state index in [4.69, 9.17) is 5.26 Å². The first-order valence-electron chi connectivity index (χ1n) is 8.66. The Labute approximate surface area is 156 Å². The largest absolute Gasteiger partial charge is 0.337 e. The fourth-order valence-corrected chi connectivity index (χ4v) is 4.06. The molecular weight excluding hydrogens is 344 g/mol. The predicted molar refractivity (Wildman–Crippen MR) is 102 cm³/mol. The van der Waals surface area contributed by atoms with Gasteiger partial charge in [0.25, 0.3) is 0 Å². The van der Waals surface area contributed by atoms with Gasteiger partial charge in [-0.2, -0.15) is 5.26 Å². The van der Waals surface area contributed by atoms with Gasteiger partial charge in [0.1, 0.15) is 0 Å². The zero-order chi connectivity index (χ0) is 18.3. The highest BCUT2D eigenvalue weighted by Gasteiger charge is 2.31. The molecule has 1 atom stereocenters. The van der Waals surface area contributed by atoms with Crippen molar-refractivity contribution in [2.75, 3.05) is 11.9 Å². The van der Waals surface area contributed by atoms with Crippen LogP contribution in [0.4, 0.5) is 5.95 Å². The number of benzene rings is 1. The van der Waals surface area contributed by atoms with E-state index in [0.717, 1.165) is 27.9 Å². The molecule has 0 radical (unpaired) electrons. The zero-order valence-electron chi connectivity index (χ0n) is 15.0. The number of rotatable bonds is 5. The molecule has 3 aromatic rings. The van der Waals surface area contributed by atoms with Gasteiger partial charge in [0.2, 0.25) is 5.95 Å². The summed E-state index contributed by atoms with van der Waals surface area (Å²) in [5, 5.41) is 18.0. The molecule has 26 heavy (non-hydrogen) atoms. The Kier molecular flexibility index (Phi) is 4.21. The monoisotopic (exact) mass is 364 g/mol. The van der Waals surface area contributed by atoms with Crippen LogP contribution in [0.1, 0.15) is 48.5 Å². The first kappa shape index (κ1) is 16.7. The Hall–Kier alpha value is -2.72. The van der Waals surface area contributed by atoms with Gasteiger partial charge in [-0.3, -0.25) is 4.57 Å². The molecule has 6 nitrogen and oxygen atoms in total. The molecule has 1 aliphatic rings.